The van der Waals surface area contributed by atoms with E-state index in [-0.39, 0.29) is 5.56 Å². The van der Waals surface area contributed by atoms with Crippen molar-refractivity contribution in [1.29, 1.82) is 0 Å². The fourth-order valence-corrected chi connectivity index (χ4v) is 4.70. The van der Waals surface area contributed by atoms with Crippen LogP contribution in [0.15, 0.2) is 53.6 Å². The molecule has 0 atom stereocenters. The molecule has 2 aromatic heterocycles. The third kappa shape index (κ3) is 3.65. The first-order valence-electron chi connectivity index (χ1n) is 10.00. The Labute approximate surface area is 175 Å². The summed E-state index contributed by atoms with van der Waals surface area (Å²) < 4.78 is 1.73. The summed E-state index contributed by atoms with van der Waals surface area (Å²) in [7, 11) is 0. The van der Waals surface area contributed by atoms with Gasteiger partial charge in [-0.2, -0.15) is 0 Å². The van der Waals surface area contributed by atoms with Crippen LogP contribution in [0.1, 0.15) is 46.9 Å². The molecule has 148 valence electrons. The molecule has 3 nitrogen and oxygen atoms in total. The Balaban J connectivity index is 1.80. The van der Waals surface area contributed by atoms with Crippen LogP contribution in [-0.2, 0) is 6.54 Å². The Hall–Kier alpha value is -2.72. The zero-order chi connectivity index (χ0) is 20.7. The maximum absolute atomic E-state index is 13.4. The molecule has 0 aliphatic carbocycles. The predicted octanol–water partition coefficient (Wildman–Crippen LogP) is 6.22. The molecule has 0 unspecified atom stereocenters. The number of aryl methyl sites for hydroxylation is 3. The van der Waals surface area contributed by atoms with Crippen LogP contribution >= 0.6 is 11.3 Å². The van der Waals surface area contributed by atoms with E-state index in [0.29, 0.717) is 12.5 Å². The Morgan fingerprint density at radius 1 is 1.00 bits per heavy atom. The maximum Gasteiger partial charge on any atom is 0.263 e. The van der Waals surface area contributed by atoms with Crippen molar-refractivity contribution in [1.82, 2.24) is 9.55 Å². The molecular weight excluding hydrogens is 376 g/mol. The highest BCUT2D eigenvalue weighted by atomic mass is 32.1. The van der Waals surface area contributed by atoms with Gasteiger partial charge in [0.25, 0.3) is 5.56 Å². The van der Waals surface area contributed by atoms with Crippen LogP contribution in [0.2, 0.25) is 0 Å². The molecule has 0 saturated carbocycles. The quantitative estimate of drug-likeness (QED) is 0.406. The lowest BCUT2D eigenvalue weighted by molar-refractivity contribution is 0.748. The number of aromatic nitrogens is 2. The Bertz CT molecular complexity index is 1250. The second kappa shape index (κ2) is 7.60. The summed E-state index contributed by atoms with van der Waals surface area (Å²) in [4.78, 5) is 20.0. The van der Waals surface area contributed by atoms with Gasteiger partial charge in [-0.05, 0) is 54.5 Å². The van der Waals surface area contributed by atoms with E-state index in [1.807, 2.05) is 0 Å². The molecule has 4 rings (SSSR count). The van der Waals surface area contributed by atoms with Gasteiger partial charge in [-0.3, -0.25) is 9.36 Å². The molecular formula is C25H26N2OS. The molecule has 29 heavy (non-hydrogen) atoms. The van der Waals surface area contributed by atoms with E-state index in [0.717, 1.165) is 31.8 Å². The molecule has 4 aromatic rings. The van der Waals surface area contributed by atoms with Gasteiger partial charge in [-0.15, -0.1) is 11.3 Å². The van der Waals surface area contributed by atoms with Gasteiger partial charge in [-0.25, -0.2) is 4.98 Å². The van der Waals surface area contributed by atoms with Gasteiger partial charge < -0.3 is 0 Å². The van der Waals surface area contributed by atoms with Crippen LogP contribution in [0.5, 0.6) is 0 Å². The number of thiophene rings is 1. The van der Waals surface area contributed by atoms with E-state index in [1.54, 1.807) is 22.2 Å². The van der Waals surface area contributed by atoms with Gasteiger partial charge in [0, 0.05) is 10.4 Å². The van der Waals surface area contributed by atoms with Crippen molar-refractivity contribution >= 4 is 21.6 Å². The van der Waals surface area contributed by atoms with E-state index in [9.17, 15) is 4.79 Å². The first-order valence-corrected chi connectivity index (χ1v) is 10.8. The first kappa shape index (κ1) is 19.6. The minimum Gasteiger partial charge on any atom is -0.294 e. The molecule has 0 amide bonds. The molecule has 0 N–H and O–H groups in total. The highest BCUT2D eigenvalue weighted by molar-refractivity contribution is 7.19. The monoisotopic (exact) mass is 402 g/mol. The number of benzene rings is 2. The molecule has 0 radical (unpaired) electrons. The number of hydrogen-bond donors (Lipinski definition) is 0. The zero-order valence-corrected chi connectivity index (χ0v) is 18.4. The third-order valence-corrected chi connectivity index (χ3v) is 6.66. The lowest BCUT2D eigenvalue weighted by atomic mass is 9.99. The van der Waals surface area contributed by atoms with Gasteiger partial charge >= 0.3 is 0 Å². The molecule has 4 heteroatoms. The fraction of sp³-hybridized carbons (Fsp3) is 0.280. The highest BCUT2D eigenvalue weighted by Gasteiger charge is 2.17. The second-order valence-electron chi connectivity index (χ2n) is 8.09. The number of rotatable bonds is 4. The average molecular weight is 403 g/mol. The summed E-state index contributed by atoms with van der Waals surface area (Å²) >= 11 is 1.59. The van der Waals surface area contributed by atoms with Gasteiger partial charge in [-0.1, -0.05) is 56.3 Å². The summed E-state index contributed by atoms with van der Waals surface area (Å²) in [6, 6.07) is 14.9. The first-order chi connectivity index (χ1) is 13.8. The topological polar surface area (TPSA) is 34.9 Å². The van der Waals surface area contributed by atoms with Crippen LogP contribution in [0, 0.1) is 20.8 Å². The molecule has 2 aromatic carbocycles. The lowest BCUT2D eigenvalue weighted by Crippen LogP contribution is -2.21. The van der Waals surface area contributed by atoms with Crippen molar-refractivity contribution in [2.24, 2.45) is 0 Å². The molecule has 0 fully saturated rings. The van der Waals surface area contributed by atoms with Crippen molar-refractivity contribution in [2.45, 2.75) is 47.1 Å². The minimum absolute atomic E-state index is 0.0283. The minimum atomic E-state index is 0.0283. The Morgan fingerprint density at radius 2 is 1.72 bits per heavy atom. The molecule has 0 saturated heterocycles. The van der Waals surface area contributed by atoms with Crippen molar-refractivity contribution in [3.63, 3.8) is 0 Å². The SMILES string of the molecule is Cc1ccc(-c2c(C)sc3ncn(Cc4ccc(C(C)C)cc4)c(=O)c23)cc1C. The van der Waals surface area contributed by atoms with Crippen molar-refractivity contribution < 1.29 is 0 Å². The van der Waals surface area contributed by atoms with Crippen LogP contribution in [0.3, 0.4) is 0 Å². The largest absolute Gasteiger partial charge is 0.294 e. The van der Waals surface area contributed by atoms with Crippen molar-refractivity contribution in [3.8, 4) is 11.1 Å². The summed E-state index contributed by atoms with van der Waals surface area (Å²) in [5, 5.41) is 0.733. The normalized spacial score (nSPS) is 11.5. The molecule has 0 aliphatic heterocycles. The smallest absolute Gasteiger partial charge is 0.263 e. The van der Waals surface area contributed by atoms with E-state index < -0.39 is 0 Å². The number of fused-ring (bicyclic) bond motifs is 1. The predicted molar refractivity (Wildman–Crippen MR) is 123 cm³/mol. The molecule has 0 bridgehead atoms. The fourth-order valence-electron chi connectivity index (χ4n) is 3.70. The van der Waals surface area contributed by atoms with E-state index in [4.69, 9.17) is 0 Å². The summed E-state index contributed by atoms with van der Waals surface area (Å²) in [6.45, 7) is 11.2. The third-order valence-electron chi connectivity index (χ3n) is 5.65. The van der Waals surface area contributed by atoms with Gasteiger partial charge in [0.15, 0.2) is 0 Å². The Morgan fingerprint density at radius 3 is 2.38 bits per heavy atom. The van der Waals surface area contributed by atoms with E-state index in [2.05, 4.69) is 82.1 Å². The summed E-state index contributed by atoms with van der Waals surface area (Å²) in [5.41, 5.74) is 7.05. The van der Waals surface area contributed by atoms with Crippen LogP contribution in [-0.4, -0.2) is 9.55 Å². The standard InChI is InChI=1S/C25H26N2OS/c1-15(2)20-10-7-19(8-11-20)13-27-14-26-24-23(25(27)28)22(18(5)29-24)21-9-6-16(3)17(4)12-21/h6-12,14-15H,13H2,1-5H3. The maximum atomic E-state index is 13.4. The average Bonchev–Trinajstić information content (AvgIpc) is 3.03. The van der Waals surface area contributed by atoms with Crippen molar-refractivity contribution in [3.05, 3.63) is 86.3 Å². The van der Waals surface area contributed by atoms with Crippen LogP contribution < -0.4 is 5.56 Å². The van der Waals surface area contributed by atoms with Gasteiger partial charge in [0.2, 0.25) is 0 Å². The Kier molecular flexibility index (Phi) is 5.13. The molecule has 0 aliphatic rings. The number of hydrogen-bond acceptors (Lipinski definition) is 3. The number of nitrogens with zero attached hydrogens (tertiary/aromatic N) is 2. The molecule has 0 spiro atoms. The van der Waals surface area contributed by atoms with E-state index in [1.165, 1.54) is 16.7 Å². The van der Waals surface area contributed by atoms with Crippen molar-refractivity contribution in [2.75, 3.05) is 0 Å². The lowest BCUT2D eigenvalue weighted by Gasteiger charge is -2.10. The summed E-state index contributed by atoms with van der Waals surface area (Å²) in [5.74, 6) is 0.499. The zero-order valence-electron chi connectivity index (χ0n) is 17.6. The van der Waals surface area contributed by atoms with Gasteiger partial charge in [0.1, 0.15) is 4.83 Å². The van der Waals surface area contributed by atoms with Crippen LogP contribution in [0.25, 0.3) is 21.3 Å². The molecule has 2 heterocycles. The van der Waals surface area contributed by atoms with E-state index >= 15 is 0 Å². The highest BCUT2D eigenvalue weighted by Crippen LogP contribution is 2.36. The van der Waals surface area contributed by atoms with Gasteiger partial charge in [0.05, 0.1) is 18.3 Å². The second-order valence-corrected chi connectivity index (χ2v) is 9.29. The van der Waals surface area contributed by atoms with Crippen LogP contribution in [0.4, 0.5) is 0 Å². The summed E-state index contributed by atoms with van der Waals surface area (Å²) in [6.07, 6.45) is 1.68.